The summed E-state index contributed by atoms with van der Waals surface area (Å²) in [7, 11) is 1.32. The summed E-state index contributed by atoms with van der Waals surface area (Å²) in [6.45, 7) is 0.357. The summed E-state index contributed by atoms with van der Waals surface area (Å²) in [4.78, 5) is 11.4. The van der Waals surface area contributed by atoms with Crippen molar-refractivity contribution in [2.24, 2.45) is 0 Å². The van der Waals surface area contributed by atoms with Crippen molar-refractivity contribution in [3.05, 3.63) is 52.1 Å². The second kappa shape index (κ2) is 7.04. The highest BCUT2D eigenvalue weighted by Crippen LogP contribution is 2.34. The summed E-state index contributed by atoms with van der Waals surface area (Å²) in [6, 6.07) is 10.6. The molecule has 2 rings (SSSR count). The second-order valence-corrected chi connectivity index (χ2v) is 5.37. The van der Waals surface area contributed by atoms with Gasteiger partial charge in [-0.3, -0.25) is 10.1 Å². The zero-order chi connectivity index (χ0) is 16.1. The van der Waals surface area contributed by atoms with Crippen LogP contribution in [0.5, 0.6) is 11.5 Å². The van der Waals surface area contributed by atoms with E-state index < -0.39 is 16.4 Å². The number of benzene rings is 2. The number of hydrogen-bond donors (Lipinski definition) is 1. The quantitative estimate of drug-likeness (QED) is 0.500. The van der Waals surface area contributed by atoms with E-state index in [1.54, 1.807) is 11.8 Å². The van der Waals surface area contributed by atoms with Crippen LogP contribution in [0.25, 0.3) is 0 Å². The molecule has 0 spiro atoms. The molecule has 0 radical (unpaired) electrons. The third-order valence-electron chi connectivity index (χ3n) is 3.10. The monoisotopic (exact) mass is 319 g/mol. The normalized spacial score (nSPS) is 10.3. The molecule has 0 heterocycles. The summed E-state index contributed by atoms with van der Waals surface area (Å²) in [5.74, 6) is -0.732. The molecule has 0 saturated heterocycles. The highest BCUT2D eigenvalue weighted by atomic mass is 32.2. The smallest absolute Gasteiger partial charge is 0.265 e. The number of anilines is 1. The van der Waals surface area contributed by atoms with Crippen molar-refractivity contribution in [3.63, 3.8) is 0 Å². The van der Waals surface area contributed by atoms with Crippen molar-refractivity contribution in [2.75, 3.05) is 18.7 Å². The van der Waals surface area contributed by atoms with E-state index in [1.807, 2.05) is 30.5 Å². The minimum atomic E-state index is -0.708. The fourth-order valence-electron chi connectivity index (χ4n) is 1.95. The summed E-state index contributed by atoms with van der Waals surface area (Å²) in [5, 5.41) is 25.8. The van der Waals surface area contributed by atoms with Crippen molar-refractivity contribution in [1.82, 2.24) is 0 Å². The number of nitrogens with zero attached hydrogens (tertiary/aromatic N) is 1. The Labute approximate surface area is 132 Å². The predicted octanol–water partition coefficient (Wildman–Crippen LogP) is 3.01. The first-order valence-corrected chi connectivity index (χ1v) is 7.68. The van der Waals surface area contributed by atoms with Gasteiger partial charge >= 0.3 is 0 Å². The molecule has 0 aliphatic rings. The van der Waals surface area contributed by atoms with Gasteiger partial charge in [-0.15, -0.1) is 11.8 Å². The molecule has 0 amide bonds. The lowest BCUT2D eigenvalue weighted by Gasteiger charge is -2.15. The van der Waals surface area contributed by atoms with Crippen LogP contribution >= 0.6 is 11.8 Å². The molecule has 7 heteroatoms. The molecule has 2 aromatic rings. The van der Waals surface area contributed by atoms with E-state index in [1.165, 1.54) is 19.2 Å². The van der Waals surface area contributed by atoms with Crippen LogP contribution in [0.2, 0.25) is 0 Å². The zero-order valence-electron chi connectivity index (χ0n) is 12.2. The molecule has 1 N–H and O–H groups in total. The van der Waals surface area contributed by atoms with Gasteiger partial charge in [0, 0.05) is 28.9 Å². The molecule has 0 fully saturated rings. The Morgan fingerprint density at radius 3 is 2.50 bits per heavy atom. The maximum absolute atomic E-state index is 11.7. The first-order chi connectivity index (χ1) is 10.5. The minimum Gasteiger partial charge on any atom is -0.865 e. The molecular formula is C15H15N2O4S-. The highest BCUT2D eigenvalue weighted by molar-refractivity contribution is 7.98. The Hall–Kier alpha value is -2.41. The van der Waals surface area contributed by atoms with Crippen LogP contribution in [-0.2, 0) is 6.54 Å². The van der Waals surface area contributed by atoms with Gasteiger partial charge < -0.3 is 15.2 Å². The molecule has 0 bridgehead atoms. The second-order valence-electron chi connectivity index (χ2n) is 4.49. The van der Waals surface area contributed by atoms with Gasteiger partial charge in [0.05, 0.1) is 12.0 Å². The molecule has 0 aliphatic heterocycles. The van der Waals surface area contributed by atoms with E-state index in [9.17, 15) is 15.2 Å². The molecule has 2 aromatic carbocycles. The number of methoxy groups -OCH3 is 1. The standard InChI is InChI=1S/C15H16N2O4S/c1-21-14-8-10(7-13(15(14)18)17(19)20)9-16-11-3-5-12(22-2)6-4-11/h3-8,16,18H,9H2,1-2H3/p-1. The van der Waals surface area contributed by atoms with Crippen molar-refractivity contribution < 1.29 is 14.8 Å². The Kier molecular flexibility index (Phi) is 5.11. The van der Waals surface area contributed by atoms with Crippen molar-refractivity contribution >= 4 is 23.1 Å². The molecule has 6 nitrogen and oxygen atoms in total. The summed E-state index contributed by atoms with van der Waals surface area (Å²) < 4.78 is 4.91. The lowest BCUT2D eigenvalue weighted by Crippen LogP contribution is -2.05. The zero-order valence-corrected chi connectivity index (χ0v) is 13.0. The van der Waals surface area contributed by atoms with Gasteiger partial charge in [-0.05, 0) is 42.2 Å². The van der Waals surface area contributed by atoms with Crippen molar-refractivity contribution in [3.8, 4) is 11.5 Å². The molecule has 0 saturated carbocycles. The number of nitro groups is 1. The van der Waals surface area contributed by atoms with Gasteiger partial charge in [-0.2, -0.15) is 0 Å². The van der Waals surface area contributed by atoms with Gasteiger partial charge in [0.25, 0.3) is 5.69 Å². The van der Waals surface area contributed by atoms with Crippen LogP contribution in [0.4, 0.5) is 11.4 Å². The lowest BCUT2D eigenvalue weighted by molar-refractivity contribution is -0.398. The maximum atomic E-state index is 11.7. The largest absolute Gasteiger partial charge is 0.865 e. The predicted molar refractivity (Wildman–Crippen MR) is 84.6 cm³/mol. The van der Waals surface area contributed by atoms with Crippen molar-refractivity contribution in [2.45, 2.75) is 11.4 Å². The van der Waals surface area contributed by atoms with Gasteiger partial charge in [0.2, 0.25) is 0 Å². The third-order valence-corrected chi connectivity index (χ3v) is 3.84. The Morgan fingerprint density at radius 1 is 1.27 bits per heavy atom. The highest BCUT2D eigenvalue weighted by Gasteiger charge is 2.13. The van der Waals surface area contributed by atoms with Crippen LogP contribution in [0.3, 0.4) is 0 Å². The Morgan fingerprint density at radius 2 is 1.95 bits per heavy atom. The van der Waals surface area contributed by atoms with Gasteiger partial charge in [0.15, 0.2) is 0 Å². The van der Waals surface area contributed by atoms with Gasteiger partial charge in [-0.25, -0.2) is 0 Å². The fraction of sp³-hybridized carbons (Fsp3) is 0.200. The van der Waals surface area contributed by atoms with Crippen LogP contribution in [0.15, 0.2) is 41.3 Å². The Balaban J connectivity index is 2.18. The van der Waals surface area contributed by atoms with Crippen LogP contribution in [0, 0.1) is 10.1 Å². The average molecular weight is 319 g/mol. The fourth-order valence-corrected chi connectivity index (χ4v) is 2.35. The first-order valence-electron chi connectivity index (χ1n) is 6.45. The van der Waals surface area contributed by atoms with Gasteiger partial charge in [-0.1, -0.05) is 0 Å². The summed E-state index contributed by atoms with van der Waals surface area (Å²) >= 11 is 1.65. The number of rotatable bonds is 6. The number of hydrogen-bond acceptors (Lipinski definition) is 6. The number of nitrogens with one attached hydrogen (secondary N) is 1. The summed E-state index contributed by atoms with van der Waals surface area (Å²) in [5.41, 5.74) is 1.02. The molecule has 0 atom stereocenters. The van der Waals surface area contributed by atoms with E-state index in [0.29, 0.717) is 12.1 Å². The molecule has 22 heavy (non-hydrogen) atoms. The third kappa shape index (κ3) is 3.62. The molecular weight excluding hydrogens is 304 g/mol. The van der Waals surface area contributed by atoms with E-state index in [4.69, 9.17) is 4.74 Å². The first kappa shape index (κ1) is 16.0. The SMILES string of the molecule is COc1cc(CNc2ccc(SC)cc2)cc([N+](=O)[O-])c1[O-]. The average Bonchev–Trinajstić information content (AvgIpc) is 2.54. The van der Waals surface area contributed by atoms with Crippen LogP contribution < -0.4 is 15.2 Å². The minimum absolute atomic E-state index is 0.0243. The van der Waals surface area contributed by atoms with E-state index in [2.05, 4.69) is 5.32 Å². The van der Waals surface area contributed by atoms with E-state index >= 15 is 0 Å². The topological polar surface area (TPSA) is 87.5 Å². The van der Waals surface area contributed by atoms with Crippen LogP contribution in [-0.4, -0.2) is 18.3 Å². The molecule has 0 unspecified atom stereocenters. The number of nitro benzene ring substituents is 1. The van der Waals surface area contributed by atoms with Crippen molar-refractivity contribution in [1.29, 1.82) is 0 Å². The Bertz CT molecular complexity index is 674. The molecule has 0 aromatic heterocycles. The van der Waals surface area contributed by atoms with E-state index in [-0.39, 0.29) is 5.75 Å². The van der Waals surface area contributed by atoms with Gasteiger partial charge in [0.1, 0.15) is 5.75 Å². The lowest BCUT2D eigenvalue weighted by atomic mass is 10.1. The molecule has 0 aliphatic carbocycles. The number of thioether (sulfide) groups is 1. The number of ether oxygens (including phenoxy) is 1. The van der Waals surface area contributed by atoms with E-state index in [0.717, 1.165) is 10.6 Å². The van der Waals surface area contributed by atoms with Crippen LogP contribution in [0.1, 0.15) is 5.56 Å². The molecule has 116 valence electrons. The maximum Gasteiger partial charge on any atom is 0.265 e. The summed E-state index contributed by atoms with van der Waals surface area (Å²) in [6.07, 6.45) is 2.00.